The van der Waals surface area contributed by atoms with E-state index in [2.05, 4.69) is 0 Å². The number of halogens is 1. The summed E-state index contributed by atoms with van der Waals surface area (Å²) in [7, 11) is 0. The predicted molar refractivity (Wildman–Crippen MR) is 125 cm³/mol. The number of hydrogen-bond acceptors (Lipinski definition) is 4. The summed E-state index contributed by atoms with van der Waals surface area (Å²) in [4.78, 5) is 0. The van der Waals surface area contributed by atoms with Crippen molar-refractivity contribution in [1.82, 2.24) is 0 Å². The minimum Gasteiger partial charge on any atom is -0.374 e. The highest BCUT2D eigenvalue weighted by atomic mass is 35.5. The van der Waals surface area contributed by atoms with Gasteiger partial charge in [0, 0.05) is 5.02 Å². The fraction of sp³-hybridized carbons (Fsp3) is 0.259. The molecule has 3 aromatic carbocycles. The highest BCUT2D eigenvalue weighted by molar-refractivity contribution is 6.30. The third-order valence-corrected chi connectivity index (χ3v) is 5.35. The van der Waals surface area contributed by atoms with E-state index in [0.29, 0.717) is 31.5 Å². The molecule has 0 bridgehead atoms. The molecular formula is C27H27ClO4. The lowest BCUT2D eigenvalue weighted by Crippen LogP contribution is -2.41. The van der Waals surface area contributed by atoms with Crippen molar-refractivity contribution >= 4 is 11.6 Å². The maximum atomic E-state index is 6.19. The molecule has 32 heavy (non-hydrogen) atoms. The Morgan fingerprint density at radius 3 is 2.06 bits per heavy atom. The Hall–Kier alpha value is -2.47. The average molecular weight is 451 g/mol. The zero-order chi connectivity index (χ0) is 22.0. The van der Waals surface area contributed by atoms with E-state index in [1.54, 1.807) is 0 Å². The first-order valence-electron chi connectivity index (χ1n) is 10.7. The molecule has 5 heteroatoms. The summed E-state index contributed by atoms with van der Waals surface area (Å²) >= 11 is 6.07. The molecule has 0 aliphatic carbocycles. The number of hydrogen-bond donors (Lipinski definition) is 0. The van der Waals surface area contributed by atoms with Crippen molar-refractivity contribution in [2.24, 2.45) is 0 Å². The van der Waals surface area contributed by atoms with Gasteiger partial charge in [0.25, 0.3) is 0 Å². The fourth-order valence-corrected chi connectivity index (χ4v) is 3.66. The van der Waals surface area contributed by atoms with Crippen LogP contribution in [0.1, 0.15) is 16.7 Å². The van der Waals surface area contributed by atoms with E-state index in [9.17, 15) is 0 Å². The normalized spacial score (nSPS) is 20.3. The Kier molecular flexibility index (Phi) is 8.49. The molecule has 0 N–H and O–H groups in total. The van der Waals surface area contributed by atoms with E-state index in [0.717, 1.165) is 16.7 Å². The van der Waals surface area contributed by atoms with Gasteiger partial charge in [-0.3, -0.25) is 0 Å². The average Bonchev–Trinajstić information content (AvgIpc) is 2.83. The van der Waals surface area contributed by atoms with Crippen molar-refractivity contribution in [2.45, 2.75) is 38.3 Å². The van der Waals surface area contributed by atoms with Crippen molar-refractivity contribution in [3.05, 3.63) is 119 Å². The predicted octanol–water partition coefficient (Wildman–Crippen LogP) is 5.94. The molecule has 0 radical (unpaired) electrons. The van der Waals surface area contributed by atoms with Gasteiger partial charge in [-0.15, -0.1) is 0 Å². The molecule has 0 saturated carbocycles. The van der Waals surface area contributed by atoms with Gasteiger partial charge in [-0.05, 0) is 34.9 Å². The lowest BCUT2D eigenvalue weighted by atomic mass is 10.1. The molecule has 3 atom stereocenters. The van der Waals surface area contributed by atoms with Crippen LogP contribution >= 0.6 is 11.6 Å². The molecule has 0 fully saturated rings. The van der Waals surface area contributed by atoms with E-state index in [1.165, 1.54) is 0 Å². The number of benzene rings is 3. The summed E-state index contributed by atoms with van der Waals surface area (Å²) in [6.07, 6.45) is 2.92. The Bertz CT molecular complexity index is 977. The maximum absolute atomic E-state index is 6.19. The van der Waals surface area contributed by atoms with Gasteiger partial charge in [0.1, 0.15) is 12.2 Å². The molecule has 1 aliphatic rings. The van der Waals surface area contributed by atoms with Crippen LogP contribution in [0.2, 0.25) is 5.02 Å². The van der Waals surface area contributed by atoms with Gasteiger partial charge in [0.15, 0.2) is 6.29 Å². The summed E-state index contributed by atoms with van der Waals surface area (Å²) in [6, 6.07) is 27.8. The second-order valence-corrected chi connectivity index (χ2v) is 8.07. The van der Waals surface area contributed by atoms with E-state index in [1.807, 2.05) is 97.1 Å². The van der Waals surface area contributed by atoms with Crippen LogP contribution in [0.3, 0.4) is 0 Å². The monoisotopic (exact) mass is 450 g/mol. The van der Waals surface area contributed by atoms with E-state index in [-0.39, 0.29) is 12.2 Å². The van der Waals surface area contributed by atoms with Gasteiger partial charge in [-0.25, -0.2) is 0 Å². The van der Waals surface area contributed by atoms with Crippen molar-refractivity contribution < 1.29 is 18.9 Å². The molecule has 0 saturated heterocycles. The SMILES string of the molecule is Clc1cccc(CO[C@@H]2C=C[C@H](OCc3ccccc3)[C@@H](COCc3ccccc3)O2)c1. The largest absolute Gasteiger partial charge is 0.374 e. The van der Waals surface area contributed by atoms with E-state index >= 15 is 0 Å². The molecule has 0 amide bonds. The third kappa shape index (κ3) is 7.02. The summed E-state index contributed by atoms with van der Waals surface area (Å²) in [5.41, 5.74) is 3.23. The van der Waals surface area contributed by atoms with Gasteiger partial charge in [0.05, 0.1) is 26.4 Å². The van der Waals surface area contributed by atoms with Gasteiger partial charge in [-0.2, -0.15) is 0 Å². The lowest BCUT2D eigenvalue weighted by molar-refractivity contribution is -0.199. The molecular weight excluding hydrogens is 424 g/mol. The Labute approximate surface area is 194 Å². The van der Waals surface area contributed by atoms with Gasteiger partial charge < -0.3 is 18.9 Å². The fourth-order valence-electron chi connectivity index (χ4n) is 3.45. The summed E-state index contributed by atoms with van der Waals surface area (Å²) in [6.45, 7) is 1.82. The Morgan fingerprint density at radius 2 is 1.34 bits per heavy atom. The van der Waals surface area contributed by atoms with Crippen molar-refractivity contribution in [1.29, 1.82) is 0 Å². The van der Waals surface area contributed by atoms with Crippen LogP contribution in [-0.4, -0.2) is 25.1 Å². The second kappa shape index (κ2) is 12.0. The number of rotatable bonds is 10. The van der Waals surface area contributed by atoms with Crippen molar-refractivity contribution in [3.63, 3.8) is 0 Å². The zero-order valence-electron chi connectivity index (χ0n) is 17.8. The highest BCUT2D eigenvalue weighted by Crippen LogP contribution is 2.21. The summed E-state index contributed by atoms with van der Waals surface area (Å²) in [5.74, 6) is 0. The molecule has 3 aromatic rings. The van der Waals surface area contributed by atoms with Crippen molar-refractivity contribution in [3.8, 4) is 0 Å². The van der Waals surface area contributed by atoms with Crippen LogP contribution in [-0.2, 0) is 38.8 Å². The van der Waals surface area contributed by atoms with E-state index in [4.69, 9.17) is 30.5 Å². The van der Waals surface area contributed by atoms with E-state index < -0.39 is 6.29 Å². The van der Waals surface area contributed by atoms with Crippen LogP contribution in [0.4, 0.5) is 0 Å². The molecule has 1 heterocycles. The zero-order valence-corrected chi connectivity index (χ0v) is 18.6. The van der Waals surface area contributed by atoms with Crippen LogP contribution in [0, 0.1) is 0 Å². The Balaban J connectivity index is 1.35. The summed E-state index contributed by atoms with van der Waals surface area (Å²) in [5, 5.41) is 0.688. The molecule has 166 valence electrons. The maximum Gasteiger partial charge on any atom is 0.177 e. The smallest absolute Gasteiger partial charge is 0.177 e. The van der Waals surface area contributed by atoms with Crippen LogP contribution < -0.4 is 0 Å². The lowest BCUT2D eigenvalue weighted by Gasteiger charge is -2.32. The third-order valence-electron chi connectivity index (χ3n) is 5.12. The highest BCUT2D eigenvalue weighted by Gasteiger charge is 2.29. The minimum absolute atomic E-state index is 0.225. The van der Waals surface area contributed by atoms with Gasteiger partial charge in [-0.1, -0.05) is 90.5 Å². The van der Waals surface area contributed by atoms with Gasteiger partial charge >= 0.3 is 0 Å². The van der Waals surface area contributed by atoms with Crippen LogP contribution in [0.25, 0.3) is 0 Å². The van der Waals surface area contributed by atoms with Gasteiger partial charge in [0.2, 0.25) is 0 Å². The molecule has 4 nitrogen and oxygen atoms in total. The molecule has 0 spiro atoms. The summed E-state index contributed by atoms with van der Waals surface area (Å²) < 4.78 is 24.2. The standard InChI is InChI=1S/C27H27ClO4/c28-24-13-7-12-23(16-24)19-31-27-15-14-25(30-18-22-10-5-2-6-11-22)26(32-27)20-29-17-21-8-3-1-4-9-21/h1-16,25-27H,17-20H2/t25-,26+,27-/m0/s1. The Morgan fingerprint density at radius 1 is 0.688 bits per heavy atom. The second-order valence-electron chi connectivity index (χ2n) is 7.63. The number of ether oxygens (including phenoxy) is 4. The molecule has 1 aliphatic heterocycles. The van der Waals surface area contributed by atoms with Crippen LogP contribution in [0.15, 0.2) is 97.1 Å². The first-order valence-corrected chi connectivity index (χ1v) is 11.1. The van der Waals surface area contributed by atoms with Crippen LogP contribution in [0.5, 0.6) is 0 Å². The molecule has 4 rings (SSSR count). The first kappa shape index (κ1) is 22.7. The molecule has 0 unspecified atom stereocenters. The van der Waals surface area contributed by atoms with Crippen molar-refractivity contribution in [2.75, 3.05) is 6.61 Å². The molecule has 0 aromatic heterocycles. The quantitative estimate of drug-likeness (QED) is 0.358. The topological polar surface area (TPSA) is 36.9 Å². The first-order chi connectivity index (χ1) is 15.8. The minimum atomic E-state index is -0.476.